The van der Waals surface area contributed by atoms with Crippen LogP contribution in [-0.2, 0) is 19.7 Å². The van der Waals surface area contributed by atoms with Crippen molar-refractivity contribution in [1.82, 2.24) is 0 Å². The molecule has 0 saturated carbocycles. The SMILES string of the molecule is C=C(S(=O)(=O)CC1=NCCS1)S(=O)(=O)c1ccccc1. The van der Waals surface area contributed by atoms with Crippen molar-refractivity contribution in [2.45, 2.75) is 4.90 Å². The number of hydrogen-bond donors (Lipinski definition) is 0. The van der Waals surface area contributed by atoms with Crippen molar-refractivity contribution in [2.24, 2.45) is 4.99 Å². The minimum Gasteiger partial charge on any atom is -0.281 e. The van der Waals surface area contributed by atoms with Crippen LogP contribution in [-0.4, -0.2) is 39.9 Å². The summed E-state index contributed by atoms with van der Waals surface area (Å²) in [6, 6.07) is 7.41. The van der Waals surface area contributed by atoms with E-state index in [9.17, 15) is 16.8 Å². The summed E-state index contributed by atoms with van der Waals surface area (Å²) in [6.45, 7) is 3.84. The fraction of sp³-hybridized carbons (Fsp3) is 0.250. The van der Waals surface area contributed by atoms with E-state index >= 15 is 0 Å². The fourth-order valence-electron chi connectivity index (χ4n) is 1.61. The Morgan fingerprint density at radius 1 is 1.20 bits per heavy atom. The van der Waals surface area contributed by atoms with Gasteiger partial charge in [-0.25, -0.2) is 16.8 Å². The summed E-state index contributed by atoms with van der Waals surface area (Å²) in [4.78, 5) is 3.95. The van der Waals surface area contributed by atoms with E-state index in [1.807, 2.05) is 0 Å². The van der Waals surface area contributed by atoms with E-state index in [-0.39, 0.29) is 4.90 Å². The van der Waals surface area contributed by atoms with E-state index in [0.29, 0.717) is 11.6 Å². The summed E-state index contributed by atoms with van der Waals surface area (Å²) in [7, 11) is -8.07. The van der Waals surface area contributed by atoms with Crippen LogP contribution in [0.15, 0.2) is 51.0 Å². The molecule has 1 aliphatic rings. The van der Waals surface area contributed by atoms with Crippen LogP contribution in [0, 0.1) is 0 Å². The normalized spacial score (nSPS) is 15.9. The zero-order valence-corrected chi connectivity index (χ0v) is 13.0. The molecule has 2 rings (SSSR count). The van der Waals surface area contributed by atoms with Gasteiger partial charge in [-0.1, -0.05) is 24.8 Å². The molecule has 8 heteroatoms. The standard InChI is InChI=1S/C12H13NO4S3/c1-10(19(14,15)9-12-13-7-8-18-12)20(16,17)11-5-3-2-4-6-11/h2-6H,1,7-9H2. The van der Waals surface area contributed by atoms with E-state index in [4.69, 9.17) is 0 Å². The maximum atomic E-state index is 12.2. The molecule has 1 aromatic rings. The van der Waals surface area contributed by atoms with E-state index in [0.717, 1.165) is 5.75 Å². The highest BCUT2D eigenvalue weighted by atomic mass is 32.3. The van der Waals surface area contributed by atoms with Gasteiger partial charge >= 0.3 is 0 Å². The molecule has 0 unspecified atom stereocenters. The molecule has 0 fully saturated rings. The minimum absolute atomic E-state index is 0.0745. The molecule has 1 heterocycles. The molecule has 0 bridgehead atoms. The van der Waals surface area contributed by atoms with Crippen molar-refractivity contribution < 1.29 is 16.8 Å². The lowest BCUT2D eigenvalue weighted by Crippen LogP contribution is -2.19. The predicted octanol–water partition coefficient (Wildman–Crippen LogP) is 1.49. The monoisotopic (exact) mass is 331 g/mol. The van der Waals surface area contributed by atoms with Gasteiger partial charge in [0, 0.05) is 12.3 Å². The largest absolute Gasteiger partial charge is 0.281 e. The Morgan fingerprint density at radius 2 is 1.85 bits per heavy atom. The number of nitrogens with zero attached hydrogens (tertiary/aromatic N) is 1. The Morgan fingerprint density at radius 3 is 2.40 bits per heavy atom. The topological polar surface area (TPSA) is 80.6 Å². The van der Waals surface area contributed by atoms with Crippen molar-refractivity contribution in [2.75, 3.05) is 18.1 Å². The first-order valence-electron chi connectivity index (χ1n) is 5.72. The van der Waals surface area contributed by atoms with Crippen molar-refractivity contribution in [3.8, 4) is 0 Å². The van der Waals surface area contributed by atoms with Gasteiger partial charge in [0.05, 0.1) is 9.94 Å². The minimum atomic E-state index is -4.08. The maximum Gasteiger partial charge on any atom is 0.216 e. The molecule has 0 N–H and O–H groups in total. The van der Waals surface area contributed by atoms with Crippen molar-refractivity contribution in [3.63, 3.8) is 0 Å². The summed E-state index contributed by atoms with van der Waals surface area (Å²) in [6.07, 6.45) is 0. The zero-order chi connectivity index (χ0) is 14.8. The summed E-state index contributed by atoms with van der Waals surface area (Å²) in [5.74, 6) is 0.325. The van der Waals surface area contributed by atoms with Gasteiger partial charge in [-0.05, 0) is 12.1 Å². The average molecular weight is 331 g/mol. The molecule has 20 heavy (non-hydrogen) atoms. The lowest BCUT2D eigenvalue weighted by molar-refractivity contribution is 0.597. The second-order valence-corrected chi connectivity index (χ2v) is 9.48. The Bertz CT molecular complexity index is 749. The number of aliphatic imine (C=N–C) groups is 1. The smallest absolute Gasteiger partial charge is 0.216 e. The molecule has 0 spiro atoms. The highest BCUT2D eigenvalue weighted by molar-refractivity contribution is 8.18. The van der Waals surface area contributed by atoms with Gasteiger partial charge in [-0.3, -0.25) is 4.99 Å². The molecule has 0 radical (unpaired) electrons. The summed E-state index contributed by atoms with van der Waals surface area (Å²) < 4.78 is 47.9. The van der Waals surface area contributed by atoms with Crippen LogP contribution in [0.2, 0.25) is 0 Å². The average Bonchev–Trinajstić information content (AvgIpc) is 2.91. The molecule has 0 aliphatic carbocycles. The molecular formula is C12H13NO4S3. The molecule has 0 saturated heterocycles. The van der Waals surface area contributed by atoms with Gasteiger partial charge < -0.3 is 0 Å². The number of benzene rings is 1. The highest BCUT2D eigenvalue weighted by Crippen LogP contribution is 2.24. The van der Waals surface area contributed by atoms with Gasteiger partial charge in [0.2, 0.25) is 9.84 Å². The lowest BCUT2D eigenvalue weighted by atomic mass is 10.4. The second-order valence-electron chi connectivity index (χ2n) is 4.07. The molecule has 108 valence electrons. The lowest BCUT2D eigenvalue weighted by Gasteiger charge is -2.08. The van der Waals surface area contributed by atoms with Gasteiger partial charge in [0.1, 0.15) is 5.75 Å². The summed E-state index contributed by atoms with van der Waals surface area (Å²) in [5, 5.41) is 0.439. The first-order chi connectivity index (χ1) is 9.34. The molecule has 0 atom stereocenters. The van der Waals surface area contributed by atoms with E-state index in [2.05, 4.69) is 11.6 Å². The molecule has 0 aromatic heterocycles. The maximum absolute atomic E-state index is 12.2. The van der Waals surface area contributed by atoms with Crippen LogP contribution in [0.5, 0.6) is 0 Å². The number of thioether (sulfide) groups is 1. The quantitative estimate of drug-likeness (QED) is 0.816. The third kappa shape index (κ3) is 3.13. The molecule has 1 aromatic carbocycles. The van der Waals surface area contributed by atoms with Gasteiger partial charge in [0.25, 0.3) is 0 Å². The number of hydrogen-bond acceptors (Lipinski definition) is 6. The van der Waals surface area contributed by atoms with Crippen LogP contribution in [0.4, 0.5) is 0 Å². The van der Waals surface area contributed by atoms with Crippen molar-refractivity contribution >= 4 is 36.5 Å². The number of sulfone groups is 2. The second kappa shape index (κ2) is 5.71. The summed E-state index contributed by atoms with van der Waals surface area (Å²) in [5.41, 5.74) is 0. The highest BCUT2D eigenvalue weighted by Gasteiger charge is 2.31. The van der Waals surface area contributed by atoms with Crippen LogP contribution in [0.25, 0.3) is 0 Å². The van der Waals surface area contributed by atoms with Crippen molar-refractivity contribution in [1.29, 1.82) is 0 Å². The Kier molecular flexibility index (Phi) is 4.36. The van der Waals surface area contributed by atoms with Crippen LogP contribution < -0.4 is 0 Å². The van der Waals surface area contributed by atoms with Gasteiger partial charge in [0.15, 0.2) is 14.1 Å². The van der Waals surface area contributed by atoms with Gasteiger partial charge in [-0.2, -0.15) is 0 Å². The summed E-state index contributed by atoms with van der Waals surface area (Å²) >= 11 is 1.33. The predicted molar refractivity (Wildman–Crippen MR) is 81.3 cm³/mol. The first kappa shape index (κ1) is 15.3. The third-order valence-electron chi connectivity index (χ3n) is 2.66. The number of rotatable bonds is 5. The first-order valence-corrected chi connectivity index (χ1v) is 9.84. The Hall–Kier alpha value is -1.12. The van der Waals surface area contributed by atoms with E-state index < -0.39 is 29.7 Å². The van der Waals surface area contributed by atoms with Gasteiger partial charge in [-0.15, -0.1) is 11.8 Å². The van der Waals surface area contributed by atoms with Crippen LogP contribution in [0.3, 0.4) is 0 Å². The Balaban J connectivity index is 2.30. The Labute approximate surface area is 122 Å². The van der Waals surface area contributed by atoms with Crippen molar-refractivity contribution in [3.05, 3.63) is 41.1 Å². The van der Waals surface area contributed by atoms with E-state index in [1.54, 1.807) is 6.07 Å². The molecule has 5 nitrogen and oxygen atoms in total. The van der Waals surface area contributed by atoms with Crippen LogP contribution in [0.1, 0.15) is 0 Å². The molecule has 0 amide bonds. The third-order valence-corrected chi connectivity index (χ3v) is 8.10. The van der Waals surface area contributed by atoms with E-state index in [1.165, 1.54) is 36.0 Å². The molecule has 1 aliphatic heterocycles. The fourth-order valence-corrected chi connectivity index (χ4v) is 6.17. The molecular weight excluding hydrogens is 318 g/mol. The zero-order valence-electron chi connectivity index (χ0n) is 10.5. The van der Waals surface area contributed by atoms with Crippen LogP contribution >= 0.6 is 11.8 Å².